The highest BCUT2D eigenvalue weighted by Gasteiger charge is 2.34. The van der Waals surface area contributed by atoms with Crippen LogP contribution in [0.4, 0.5) is 4.79 Å². The number of ether oxygens (including phenoxy) is 1. The molecule has 0 atom stereocenters. The normalized spacial score (nSPS) is 17.1. The summed E-state index contributed by atoms with van der Waals surface area (Å²) >= 11 is 0. The summed E-state index contributed by atoms with van der Waals surface area (Å²) in [6, 6.07) is 7.80. The highest BCUT2D eigenvalue weighted by Crippen LogP contribution is 2.39. The topological polar surface area (TPSA) is 71.7 Å². The molecule has 0 N–H and O–H groups in total. The number of aromatic nitrogens is 2. The van der Waals surface area contributed by atoms with Gasteiger partial charge in [0.1, 0.15) is 11.9 Å². The lowest BCUT2D eigenvalue weighted by Gasteiger charge is -2.41. The summed E-state index contributed by atoms with van der Waals surface area (Å²) in [6.07, 6.45) is 2.33. The summed E-state index contributed by atoms with van der Waals surface area (Å²) in [7, 11) is 0. The standard InChI is InChI=1S/C19H24N4O3/c1-3-22(4-2)19(24)23-11-16(12-23)25-15-9-7-13(8-10-15)17-20-18(26-21-17)14-5-6-14/h7-10,14,16H,3-6,11-12H2,1-2H3. The lowest BCUT2D eigenvalue weighted by Crippen LogP contribution is -2.59. The summed E-state index contributed by atoms with van der Waals surface area (Å²) in [5, 5.41) is 4.05. The summed E-state index contributed by atoms with van der Waals surface area (Å²) in [4.78, 5) is 20.3. The number of carbonyl (C=O) groups excluding carboxylic acids is 1. The van der Waals surface area contributed by atoms with E-state index in [0.29, 0.717) is 24.8 Å². The van der Waals surface area contributed by atoms with Crippen molar-refractivity contribution in [2.75, 3.05) is 26.2 Å². The van der Waals surface area contributed by atoms with Crippen molar-refractivity contribution in [3.8, 4) is 17.1 Å². The molecule has 0 bridgehead atoms. The number of urea groups is 1. The summed E-state index contributed by atoms with van der Waals surface area (Å²) in [5.41, 5.74) is 0.917. The molecule has 2 amide bonds. The first-order valence-corrected chi connectivity index (χ1v) is 9.32. The van der Waals surface area contributed by atoms with E-state index in [-0.39, 0.29) is 12.1 Å². The zero-order valence-corrected chi connectivity index (χ0v) is 15.2. The second-order valence-electron chi connectivity index (χ2n) is 6.85. The average molecular weight is 356 g/mol. The number of rotatable bonds is 6. The molecular weight excluding hydrogens is 332 g/mol. The molecule has 1 saturated heterocycles. The van der Waals surface area contributed by atoms with Crippen LogP contribution in [0.2, 0.25) is 0 Å². The van der Waals surface area contributed by atoms with Gasteiger partial charge in [-0.25, -0.2) is 4.79 Å². The maximum atomic E-state index is 12.2. The van der Waals surface area contributed by atoms with Crippen molar-refractivity contribution in [2.45, 2.75) is 38.7 Å². The Balaban J connectivity index is 1.30. The molecule has 7 nitrogen and oxygen atoms in total. The van der Waals surface area contributed by atoms with Gasteiger partial charge in [-0.3, -0.25) is 0 Å². The van der Waals surface area contributed by atoms with Gasteiger partial charge in [0.2, 0.25) is 11.7 Å². The minimum absolute atomic E-state index is 0.0482. The Labute approximate surface area is 152 Å². The predicted octanol–water partition coefficient (Wildman–Crippen LogP) is 3.14. The van der Waals surface area contributed by atoms with Gasteiger partial charge in [0.05, 0.1) is 13.1 Å². The molecular formula is C19H24N4O3. The molecule has 138 valence electrons. The molecule has 1 aromatic carbocycles. The number of hydrogen-bond acceptors (Lipinski definition) is 5. The van der Waals surface area contributed by atoms with Crippen LogP contribution < -0.4 is 4.74 Å². The van der Waals surface area contributed by atoms with E-state index in [4.69, 9.17) is 9.26 Å². The van der Waals surface area contributed by atoms with Crippen molar-refractivity contribution < 1.29 is 14.1 Å². The lowest BCUT2D eigenvalue weighted by molar-refractivity contribution is 0.0319. The fraction of sp³-hybridized carbons (Fsp3) is 0.526. The van der Waals surface area contributed by atoms with Crippen LogP contribution in [-0.4, -0.2) is 58.3 Å². The largest absolute Gasteiger partial charge is 0.487 e. The minimum Gasteiger partial charge on any atom is -0.487 e. The summed E-state index contributed by atoms with van der Waals surface area (Å²) in [6.45, 7) is 6.72. The predicted molar refractivity (Wildman–Crippen MR) is 96.0 cm³/mol. The van der Waals surface area contributed by atoms with Crippen LogP contribution in [0.15, 0.2) is 28.8 Å². The number of hydrogen-bond donors (Lipinski definition) is 0. The molecule has 2 aromatic rings. The van der Waals surface area contributed by atoms with Gasteiger partial charge in [-0.15, -0.1) is 0 Å². The Bertz CT molecular complexity index is 759. The smallest absolute Gasteiger partial charge is 0.320 e. The second-order valence-corrected chi connectivity index (χ2v) is 6.85. The maximum absolute atomic E-state index is 12.2. The minimum atomic E-state index is 0.0482. The van der Waals surface area contributed by atoms with Crippen LogP contribution in [0, 0.1) is 0 Å². The molecule has 2 fully saturated rings. The Kier molecular flexibility index (Phi) is 4.53. The van der Waals surface area contributed by atoms with Crippen molar-refractivity contribution in [3.63, 3.8) is 0 Å². The molecule has 2 heterocycles. The molecule has 1 aliphatic heterocycles. The van der Waals surface area contributed by atoms with E-state index in [0.717, 1.165) is 43.1 Å². The third kappa shape index (κ3) is 3.38. The molecule has 0 unspecified atom stereocenters. The van der Waals surface area contributed by atoms with Crippen LogP contribution >= 0.6 is 0 Å². The Morgan fingerprint density at radius 3 is 2.54 bits per heavy atom. The van der Waals surface area contributed by atoms with Gasteiger partial charge in [-0.2, -0.15) is 4.98 Å². The number of likely N-dealkylation sites (tertiary alicyclic amines) is 1. The molecule has 4 rings (SSSR count). The fourth-order valence-electron chi connectivity index (χ4n) is 3.09. The monoisotopic (exact) mass is 356 g/mol. The van der Waals surface area contributed by atoms with Crippen molar-refractivity contribution >= 4 is 6.03 Å². The highest BCUT2D eigenvalue weighted by atomic mass is 16.5. The summed E-state index contributed by atoms with van der Waals surface area (Å²) < 4.78 is 11.2. The van der Waals surface area contributed by atoms with Crippen molar-refractivity contribution in [1.29, 1.82) is 0 Å². The van der Waals surface area contributed by atoms with E-state index in [1.807, 2.05) is 47.9 Å². The van der Waals surface area contributed by atoms with Gasteiger partial charge < -0.3 is 19.1 Å². The maximum Gasteiger partial charge on any atom is 0.320 e. The molecule has 1 saturated carbocycles. The van der Waals surface area contributed by atoms with Gasteiger partial charge in [0, 0.05) is 24.6 Å². The van der Waals surface area contributed by atoms with E-state index >= 15 is 0 Å². The van der Waals surface area contributed by atoms with Gasteiger partial charge in [0.25, 0.3) is 0 Å². The average Bonchev–Trinajstić information content (AvgIpc) is 3.36. The first-order chi connectivity index (χ1) is 12.7. The van der Waals surface area contributed by atoms with Crippen LogP contribution in [-0.2, 0) is 0 Å². The molecule has 7 heteroatoms. The Hall–Kier alpha value is -2.57. The molecule has 1 aliphatic carbocycles. The molecule has 1 aromatic heterocycles. The van der Waals surface area contributed by atoms with Crippen molar-refractivity contribution in [3.05, 3.63) is 30.2 Å². The van der Waals surface area contributed by atoms with Crippen molar-refractivity contribution in [2.24, 2.45) is 0 Å². The molecule has 2 aliphatic rings. The van der Waals surface area contributed by atoms with E-state index in [1.165, 1.54) is 0 Å². The SMILES string of the molecule is CCN(CC)C(=O)N1CC(Oc2ccc(-c3noc(C4CC4)n3)cc2)C1. The molecule has 0 radical (unpaired) electrons. The Morgan fingerprint density at radius 1 is 1.23 bits per heavy atom. The van der Waals surface area contributed by atoms with E-state index in [1.54, 1.807) is 0 Å². The number of nitrogens with zero attached hydrogens (tertiary/aromatic N) is 4. The van der Waals surface area contributed by atoms with Crippen LogP contribution in [0.25, 0.3) is 11.4 Å². The van der Waals surface area contributed by atoms with Gasteiger partial charge in [-0.05, 0) is 51.0 Å². The van der Waals surface area contributed by atoms with Crippen molar-refractivity contribution in [1.82, 2.24) is 19.9 Å². The van der Waals surface area contributed by atoms with Crippen LogP contribution in [0.1, 0.15) is 38.5 Å². The first-order valence-electron chi connectivity index (χ1n) is 9.32. The zero-order chi connectivity index (χ0) is 18.1. The van der Waals surface area contributed by atoms with Gasteiger partial charge in [0.15, 0.2) is 0 Å². The van der Waals surface area contributed by atoms with E-state index in [2.05, 4.69) is 10.1 Å². The van der Waals surface area contributed by atoms with Gasteiger partial charge >= 0.3 is 6.03 Å². The molecule has 0 spiro atoms. The number of benzene rings is 1. The quantitative estimate of drug-likeness (QED) is 0.795. The lowest BCUT2D eigenvalue weighted by atomic mass is 10.1. The first kappa shape index (κ1) is 16.9. The fourth-order valence-corrected chi connectivity index (χ4v) is 3.09. The third-order valence-corrected chi connectivity index (χ3v) is 4.94. The highest BCUT2D eigenvalue weighted by molar-refractivity contribution is 5.75. The second kappa shape index (κ2) is 6.97. The zero-order valence-electron chi connectivity index (χ0n) is 15.2. The van der Waals surface area contributed by atoms with Crippen LogP contribution in [0.5, 0.6) is 5.75 Å². The third-order valence-electron chi connectivity index (χ3n) is 4.94. The number of carbonyl (C=O) groups is 1. The van der Waals surface area contributed by atoms with Gasteiger partial charge in [-0.1, -0.05) is 5.16 Å². The van der Waals surface area contributed by atoms with Crippen LogP contribution in [0.3, 0.4) is 0 Å². The number of amides is 2. The molecule has 26 heavy (non-hydrogen) atoms. The summed E-state index contributed by atoms with van der Waals surface area (Å²) in [5.74, 6) is 2.62. The van der Waals surface area contributed by atoms with E-state index in [9.17, 15) is 4.79 Å². The van der Waals surface area contributed by atoms with E-state index < -0.39 is 0 Å². The Morgan fingerprint density at radius 2 is 1.92 bits per heavy atom.